The van der Waals surface area contributed by atoms with Crippen molar-refractivity contribution in [2.75, 3.05) is 18.8 Å². The van der Waals surface area contributed by atoms with E-state index in [1.807, 2.05) is 6.92 Å². The fraction of sp³-hybridized carbons (Fsp3) is 0.500. The second kappa shape index (κ2) is 4.94. The van der Waals surface area contributed by atoms with Crippen molar-refractivity contribution >= 4 is 27.8 Å². The van der Waals surface area contributed by atoms with Crippen LogP contribution in [-0.2, 0) is 10.0 Å². The highest BCUT2D eigenvalue weighted by Gasteiger charge is 2.30. The van der Waals surface area contributed by atoms with Gasteiger partial charge < -0.3 is 10.1 Å². The molecule has 0 amide bonds. The van der Waals surface area contributed by atoms with Gasteiger partial charge in [0, 0.05) is 30.3 Å². The smallest absolute Gasteiger partial charge is 0.352 e. The van der Waals surface area contributed by atoms with Crippen LogP contribution in [0.1, 0.15) is 17.4 Å². The van der Waals surface area contributed by atoms with Crippen molar-refractivity contribution < 1.29 is 18.3 Å². The first-order chi connectivity index (χ1) is 8.41. The Morgan fingerprint density at radius 1 is 1.61 bits per heavy atom. The van der Waals surface area contributed by atoms with E-state index in [-0.39, 0.29) is 15.8 Å². The summed E-state index contributed by atoms with van der Waals surface area (Å²) in [5.74, 6) is -0.407. The molecule has 0 spiro atoms. The number of thioether (sulfide) groups is 1. The van der Waals surface area contributed by atoms with Crippen LogP contribution in [0.15, 0.2) is 17.2 Å². The number of aromatic nitrogens is 1. The number of H-pyrrole nitrogens is 1. The van der Waals surface area contributed by atoms with Gasteiger partial charge >= 0.3 is 5.97 Å². The first-order valence-corrected chi connectivity index (χ1v) is 7.93. The van der Waals surface area contributed by atoms with Crippen molar-refractivity contribution in [3.8, 4) is 0 Å². The number of sulfonamides is 1. The zero-order valence-electron chi connectivity index (χ0n) is 9.79. The quantitative estimate of drug-likeness (QED) is 0.861. The standard InChI is InChI=1S/C10H14N2O4S2/c1-7-6-12(2-3-17-7)18(15,16)8-4-9(10(13)14)11-5-8/h4-5,7,11H,2-3,6H2,1H3,(H,13,14). The van der Waals surface area contributed by atoms with E-state index in [4.69, 9.17) is 5.11 Å². The van der Waals surface area contributed by atoms with Crippen molar-refractivity contribution in [3.63, 3.8) is 0 Å². The third kappa shape index (κ3) is 2.55. The minimum Gasteiger partial charge on any atom is -0.477 e. The van der Waals surface area contributed by atoms with Crippen LogP contribution >= 0.6 is 11.8 Å². The average Bonchev–Trinajstić information content (AvgIpc) is 2.79. The van der Waals surface area contributed by atoms with Crippen molar-refractivity contribution in [2.45, 2.75) is 17.1 Å². The predicted octanol–water partition coefficient (Wildman–Crippen LogP) is 0.839. The number of aromatic amines is 1. The molecule has 1 aromatic heterocycles. The van der Waals surface area contributed by atoms with E-state index in [2.05, 4.69) is 4.98 Å². The number of nitrogens with one attached hydrogen (secondary N) is 1. The molecule has 0 bridgehead atoms. The maximum Gasteiger partial charge on any atom is 0.352 e. The van der Waals surface area contributed by atoms with Crippen LogP contribution in [0, 0.1) is 0 Å². The average molecular weight is 290 g/mol. The van der Waals surface area contributed by atoms with E-state index in [0.29, 0.717) is 13.1 Å². The maximum absolute atomic E-state index is 12.3. The highest BCUT2D eigenvalue weighted by atomic mass is 32.2. The van der Waals surface area contributed by atoms with Crippen molar-refractivity contribution in [2.24, 2.45) is 0 Å². The predicted molar refractivity (Wildman–Crippen MR) is 68.4 cm³/mol. The topological polar surface area (TPSA) is 90.5 Å². The monoisotopic (exact) mass is 290 g/mol. The third-order valence-electron chi connectivity index (χ3n) is 2.73. The van der Waals surface area contributed by atoms with Gasteiger partial charge in [0.1, 0.15) is 10.6 Å². The fourth-order valence-corrected chi connectivity index (χ4v) is 4.55. The summed E-state index contributed by atoms with van der Waals surface area (Å²) < 4.78 is 26.0. The van der Waals surface area contributed by atoms with Gasteiger partial charge in [-0.05, 0) is 6.07 Å². The maximum atomic E-state index is 12.3. The minimum absolute atomic E-state index is 0.0130. The molecule has 8 heteroatoms. The van der Waals surface area contributed by atoms with Crippen molar-refractivity contribution in [3.05, 3.63) is 18.0 Å². The van der Waals surface area contributed by atoms with E-state index in [0.717, 1.165) is 11.8 Å². The Hall–Kier alpha value is -0.990. The molecule has 1 fully saturated rings. The third-order valence-corrected chi connectivity index (χ3v) is 5.71. The van der Waals surface area contributed by atoms with Gasteiger partial charge in [-0.15, -0.1) is 0 Å². The second-order valence-corrected chi connectivity index (χ2v) is 7.58. The van der Waals surface area contributed by atoms with Gasteiger partial charge in [0.2, 0.25) is 10.0 Å². The lowest BCUT2D eigenvalue weighted by atomic mass is 10.4. The number of nitrogens with zero attached hydrogens (tertiary/aromatic N) is 1. The van der Waals surface area contributed by atoms with Crippen LogP contribution in [0.4, 0.5) is 0 Å². The summed E-state index contributed by atoms with van der Waals surface area (Å²) in [5, 5.41) is 9.03. The molecular formula is C10H14N2O4S2. The van der Waals surface area contributed by atoms with Crippen LogP contribution in [0.25, 0.3) is 0 Å². The molecule has 0 saturated carbocycles. The zero-order chi connectivity index (χ0) is 13.3. The first-order valence-electron chi connectivity index (χ1n) is 5.44. The molecule has 18 heavy (non-hydrogen) atoms. The van der Waals surface area contributed by atoms with E-state index in [9.17, 15) is 13.2 Å². The molecule has 2 heterocycles. The molecule has 0 aliphatic carbocycles. The number of rotatable bonds is 3. The Labute approximate surface area is 109 Å². The number of carboxylic acids is 1. The Morgan fingerprint density at radius 3 is 2.89 bits per heavy atom. The minimum atomic E-state index is -3.58. The molecule has 2 N–H and O–H groups in total. The number of aromatic carboxylic acids is 1. The highest BCUT2D eigenvalue weighted by Crippen LogP contribution is 2.24. The summed E-state index contributed by atoms with van der Waals surface area (Å²) in [7, 11) is -3.58. The number of hydrogen-bond donors (Lipinski definition) is 2. The van der Waals surface area contributed by atoms with Crippen LogP contribution in [0.3, 0.4) is 0 Å². The van der Waals surface area contributed by atoms with E-state index in [1.165, 1.54) is 10.5 Å². The molecule has 0 radical (unpaired) electrons. The van der Waals surface area contributed by atoms with Crippen LogP contribution in [-0.4, -0.2) is 52.9 Å². The molecule has 6 nitrogen and oxygen atoms in total. The van der Waals surface area contributed by atoms with Gasteiger partial charge in [0.15, 0.2) is 0 Å². The molecule has 1 unspecified atom stereocenters. The number of carbonyl (C=O) groups is 1. The summed E-state index contributed by atoms with van der Waals surface area (Å²) in [6.45, 7) is 2.90. The molecular weight excluding hydrogens is 276 g/mol. The Bertz CT molecular complexity index is 552. The first kappa shape index (κ1) is 13.4. The van der Waals surface area contributed by atoms with Crippen LogP contribution < -0.4 is 0 Å². The Balaban J connectivity index is 2.26. The van der Waals surface area contributed by atoms with E-state index in [1.54, 1.807) is 11.8 Å². The highest BCUT2D eigenvalue weighted by molar-refractivity contribution is 8.00. The van der Waals surface area contributed by atoms with Crippen LogP contribution in [0.2, 0.25) is 0 Å². The summed E-state index contributed by atoms with van der Waals surface area (Å²) in [6.07, 6.45) is 1.23. The second-order valence-electron chi connectivity index (χ2n) is 4.10. The largest absolute Gasteiger partial charge is 0.477 e. The van der Waals surface area contributed by atoms with Crippen molar-refractivity contribution in [1.82, 2.24) is 9.29 Å². The molecule has 1 aliphatic heterocycles. The lowest BCUT2D eigenvalue weighted by molar-refractivity contribution is 0.0691. The van der Waals surface area contributed by atoms with Crippen molar-refractivity contribution in [1.29, 1.82) is 0 Å². The summed E-state index contributed by atoms with van der Waals surface area (Å²) >= 11 is 1.74. The lowest BCUT2D eigenvalue weighted by Crippen LogP contribution is -2.40. The SMILES string of the molecule is CC1CN(S(=O)(=O)c2c[nH]c(C(=O)O)c2)CCS1. The molecule has 100 valence electrons. The van der Waals surface area contributed by atoms with Crippen LogP contribution in [0.5, 0.6) is 0 Å². The lowest BCUT2D eigenvalue weighted by Gasteiger charge is -2.29. The molecule has 1 atom stereocenters. The van der Waals surface area contributed by atoms with Gasteiger partial charge in [0.25, 0.3) is 0 Å². The van der Waals surface area contributed by atoms with E-state index < -0.39 is 16.0 Å². The van der Waals surface area contributed by atoms with Gasteiger partial charge in [-0.1, -0.05) is 6.92 Å². The Morgan fingerprint density at radius 2 is 2.33 bits per heavy atom. The van der Waals surface area contributed by atoms with Gasteiger partial charge in [0.05, 0.1) is 0 Å². The normalized spacial score (nSPS) is 21.9. The summed E-state index contributed by atoms with van der Waals surface area (Å²) in [5.41, 5.74) is -0.118. The fourth-order valence-electron chi connectivity index (χ4n) is 1.80. The zero-order valence-corrected chi connectivity index (χ0v) is 11.4. The van der Waals surface area contributed by atoms with Gasteiger partial charge in [-0.2, -0.15) is 16.1 Å². The molecule has 1 saturated heterocycles. The Kier molecular flexibility index (Phi) is 3.69. The van der Waals surface area contributed by atoms with E-state index >= 15 is 0 Å². The molecule has 2 rings (SSSR count). The summed E-state index contributed by atoms with van der Waals surface area (Å²) in [6, 6.07) is 1.16. The molecule has 1 aliphatic rings. The molecule has 0 aromatic carbocycles. The number of hydrogen-bond acceptors (Lipinski definition) is 4. The molecule has 1 aromatic rings. The van der Waals surface area contributed by atoms with Gasteiger partial charge in [-0.25, -0.2) is 13.2 Å². The summed E-state index contributed by atoms with van der Waals surface area (Å²) in [4.78, 5) is 13.2. The van der Waals surface area contributed by atoms with Gasteiger partial charge in [-0.3, -0.25) is 0 Å². The number of carboxylic acid groups (broad SMARTS) is 1.